The van der Waals surface area contributed by atoms with Crippen molar-refractivity contribution in [3.05, 3.63) is 35.6 Å². The molecular formula is C19H24FN3O3. The number of halogens is 1. The second-order valence-corrected chi connectivity index (χ2v) is 6.93. The summed E-state index contributed by atoms with van der Waals surface area (Å²) in [4.78, 5) is 41.0. The Hall–Kier alpha value is -2.44. The lowest BCUT2D eigenvalue weighted by atomic mass is 9.94. The van der Waals surface area contributed by atoms with Crippen LogP contribution in [-0.2, 0) is 20.8 Å². The lowest BCUT2D eigenvalue weighted by Gasteiger charge is -2.37. The molecule has 1 aromatic carbocycles. The Morgan fingerprint density at radius 3 is 2.35 bits per heavy atom. The molecule has 0 radical (unpaired) electrons. The molecule has 26 heavy (non-hydrogen) atoms. The summed E-state index contributed by atoms with van der Waals surface area (Å²) in [5.41, 5.74) is 0.668. The van der Waals surface area contributed by atoms with Crippen molar-refractivity contribution in [3.8, 4) is 0 Å². The van der Waals surface area contributed by atoms with Crippen molar-refractivity contribution < 1.29 is 18.8 Å². The number of piperidine rings is 1. The molecule has 0 atom stereocenters. The number of amides is 3. The Morgan fingerprint density at radius 1 is 1.04 bits per heavy atom. The third kappa shape index (κ3) is 4.39. The van der Waals surface area contributed by atoms with Gasteiger partial charge in [0.2, 0.25) is 18.2 Å². The summed E-state index contributed by atoms with van der Waals surface area (Å²) < 4.78 is 13.2. The van der Waals surface area contributed by atoms with E-state index in [1.165, 1.54) is 12.1 Å². The highest BCUT2D eigenvalue weighted by Crippen LogP contribution is 2.21. The van der Waals surface area contributed by atoms with Gasteiger partial charge in [-0.15, -0.1) is 0 Å². The molecule has 0 unspecified atom stereocenters. The first kappa shape index (κ1) is 18.4. The number of rotatable bonds is 4. The van der Waals surface area contributed by atoms with E-state index >= 15 is 0 Å². The lowest BCUT2D eigenvalue weighted by molar-refractivity contribution is -0.142. The SMILES string of the molecule is O=CN1CCN(C(=O)C2CCN(C(=O)Cc3cccc(F)c3)CC2)CC1. The molecule has 2 fully saturated rings. The highest BCUT2D eigenvalue weighted by molar-refractivity contribution is 5.81. The van der Waals surface area contributed by atoms with Crippen LogP contribution < -0.4 is 0 Å². The van der Waals surface area contributed by atoms with Crippen LogP contribution in [0.5, 0.6) is 0 Å². The average molecular weight is 361 g/mol. The van der Waals surface area contributed by atoms with Gasteiger partial charge in [0.25, 0.3) is 0 Å². The van der Waals surface area contributed by atoms with E-state index in [0.29, 0.717) is 57.7 Å². The van der Waals surface area contributed by atoms with Crippen LogP contribution in [0.1, 0.15) is 18.4 Å². The van der Waals surface area contributed by atoms with Crippen LogP contribution in [0.3, 0.4) is 0 Å². The number of hydrogen-bond donors (Lipinski definition) is 0. The molecule has 2 aliphatic heterocycles. The standard InChI is InChI=1S/C19H24FN3O3/c20-17-3-1-2-15(12-17)13-18(25)22-6-4-16(5-7-22)19(26)23-10-8-21(14-24)9-11-23/h1-3,12,14,16H,4-11,13H2. The summed E-state index contributed by atoms with van der Waals surface area (Å²) in [6.07, 6.45) is 2.32. The van der Waals surface area contributed by atoms with E-state index in [4.69, 9.17) is 0 Å². The Morgan fingerprint density at radius 2 is 1.73 bits per heavy atom. The van der Waals surface area contributed by atoms with E-state index < -0.39 is 0 Å². The Balaban J connectivity index is 1.47. The van der Waals surface area contributed by atoms with Gasteiger partial charge in [-0.2, -0.15) is 0 Å². The first-order valence-electron chi connectivity index (χ1n) is 9.07. The fraction of sp³-hybridized carbons (Fsp3) is 0.526. The summed E-state index contributed by atoms with van der Waals surface area (Å²) in [5, 5.41) is 0. The van der Waals surface area contributed by atoms with Crippen LogP contribution in [0.25, 0.3) is 0 Å². The molecule has 2 saturated heterocycles. The van der Waals surface area contributed by atoms with Gasteiger partial charge in [0.05, 0.1) is 6.42 Å². The van der Waals surface area contributed by atoms with Gasteiger partial charge < -0.3 is 14.7 Å². The normalized spacial score (nSPS) is 18.7. The van der Waals surface area contributed by atoms with Crippen molar-refractivity contribution in [1.29, 1.82) is 0 Å². The Labute approximate surface area is 152 Å². The topological polar surface area (TPSA) is 60.9 Å². The number of benzene rings is 1. The van der Waals surface area contributed by atoms with E-state index in [-0.39, 0.29) is 30.0 Å². The second kappa shape index (κ2) is 8.29. The smallest absolute Gasteiger partial charge is 0.226 e. The number of nitrogens with zero attached hydrogens (tertiary/aromatic N) is 3. The molecule has 3 amide bonds. The fourth-order valence-corrected chi connectivity index (χ4v) is 3.62. The Bertz CT molecular complexity index is 666. The van der Waals surface area contributed by atoms with Crippen LogP contribution in [0.4, 0.5) is 4.39 Å². The molecule has 3 rings (SSSR count). The maximum Gasteiger partial charge on any atom is 0.226 e. The van der Waals surface area contributed by atoms with Crippen LogP contribution in [0.2, 0.25) is 0 Å². The van der Waals surface area contributed by atoms with Gasteiger partial charge in [-0.3, -0.25) is 14.4 Å². The quantitative estimate of drug-likeness (QED) is 0.749. The van der Waals surface area contributed by atoms with Crippen molar-refractivity contribution in [2.24, 2.45) is 5.92 Å². The zero-order valence-corrected chi connectivity index (χ0v) is 14.8. The number of carbonyl (C=O) groups excluding carboxylic acids is 3. The molecule has 0 bridgehead atoms. The zero-order valence-electron chi connectivity index (χ0n) is 14.8. The van der Waals surface area contributed by atoms with Crippen molar-refractivity contribution in [1.82, 2.24) is 14.7 Å². The van der Waals surface area contributed by atoms with Crippen LogP contribution in [0, 0.1) is 11.7 Å². The van der Waals surface area contributed by atoms with E-state index in [1.54, 1.807) is 21.9 Å². The molecule has 0 N–H and O–H groups in total. The number of hydrogen-bond acceptors (Lipinski definition) is 3. The van der Waals surface area contributed by atoms with Gasteiger partial charge in [-0.1, -0.05) is 12.1 Å². The van der Waals surface area contributed by atoms with E-state index in [2.05, 4.69) is 0 Å². The molecule has 6 nitrogen and oxygen atoms in total. The van der Waals surface area contributed by atoms with Crippen molar-refractivity contribution in [2.75, 3.05) is 39.3 Å². The predicted octanol–water partition coefficient (Wildman–Crippen LogP) is 0.907. The summed E-state index contributed by atoms with van der Waals surface area (Å²) in [6, 6.07) is 6.09. The highest BCUT2D eigenvalue weighted by atomic mass is 19.1. The molecule has 0 saturated carbocycles. The molecule has 0 aromatic heterocycles. The van der Waals surface area contributed by atoms with Gasteiger partial charge in [-0.05, 0) is 30.5 Å². The van der Waals surface area contributed by atoms with Gasteiger partial charge in [0, 0.05) is 45.2 Å². The first-order chi connectivity index (χ1) is 12.6. The van der Waals surface area contributed by atoms with Crippen molar-refractivity contribution >= 4 is 18.2 Å². The predicted molar refractivity (Wildman–Crippen MR) is 93.6 cm³/mol. The largest absolute Gasteiger partial charge is 0.342 e. The molecular weight excluding hydrogens is 337 g/mol. The monoisotopic (exact) mass is 361 g/mol. The lowest BCUT2D eigenvalue weighted by Crippen LogP contribution is -2.51. The van der Waals surface area contributed by atoms with Gasteiger partial charge >= 0.3 is 0 Å². The number of piperazine rings is 1. The van der Waals surface area contributed by atoms with Crippen LogP contribution in [0.15, 0.2) is 24.3 Å². The minimum atomic E-state index is -0.339. The third-order valence-electron chi connectivity index (χ3n) is 5.22. The molecule has 0 aliphatic carbocycles. The zero-order chi connectivity index (χ0) is 18.5. The van der Waals surface area contributed by atoms with E-state index in [0.717, 1.165) is 6.41 Å². The van der Waals surface area contributed by atoms with E-state index in [1.807, 2.05) is 4.90 Å². The number of likely N-dealkylation sites (tertiary alicyclic amines) is 1. The number of carbonyl (C=O) groups is 3. The molecule has 140 valence electrons. The highest BCUT2D eigenvalue weighted by Gasteiger charge is 2.31. The van der Waals surface area contributed by atoms with Crippen LogP contribution >= 0.6 is 0 Å². The minimum Gasteiger partial charge on any atom is -0.342 e. The summed E-state index contributed by atoms with van der Waals surface area (Å²) in [7, 11) is 0. The fourth-order valence-electron chi connectivity index (χ4n) is 3.62. The maximum absolute atomic E-state index is 13.2. The summed E-state index contributed by atoms with van der Waals surface area (Å²) in [5.74, 6) is -0.292. The summed E-state index contributed by atoms with van der Waals surface area (Å²) in [6.45, 7) is 3.44. The van der Waals surface area contributed by atoms with Gasteiger partial charge in [0.1, 0.15) is 5.82 Å². The molecule has 0 spiro atoms. The van der Waals surface area contributed by atoms with Gasteiger partial charge in [0.15, 0.2) is 0 Å². The third-order valence-corrected chi connectivity index (χ3v) is 5.22. The molecule has 7 heteroatoms. The summed E-state index contributed by atoms with van der Waals surface area (Å²) >= 11 is 0. The molecule has 2 aliphatic rings. The van der Waals surface area contributed by atoms with Crippen LogP contribution in [-0.4, -0.2) is 72.2 Å². The minimum absolute atomic E-state index is 0.0268. The first-order valence-corrected chi connectivity index (χ1v) is 9.07. The molecule has 2 heterocycles. The Kier molecular flexibility index (Phi) is 5.85. The van der Waals surface area contributed by atoms with E-state index in [9.17, 15) is 18.8 Å². The van der Waals surface area contributed by atoms with Gasteiger partial charge in [-0.25, -0.2) is 4.39 Å². The average Bonchev–Trinajstić information content (AvgIpc) is 2.67. The second-order valence-electron chi connectivity index (χ2n) is 6.93. The van der Waals surface area contributed by atoms with Crippen molar-refractivity contribution in [2.45, 2.75) is 19.3 Å². The molecule has 1 aromatic rings. The maximum atomic E-state index is 13.2. The van der Waals surface area contributed by atoms with Crippen molar-refractivity contribution in [3.63, 3.8) is 0 Å².